The summed E-state index contributed by atoms with van der Waals surface area (Å²) in [5.74, 6) is 6.97. The summed E-state index contributed by atoms with van der Waals surface area (Å²) in [5.41, 5.74) is 8.76. The van der Waals surface area contributed by atoms with Gasteiger partial charge in [-0.1, -0.05) is 6.07 Å². The van der Waals surface area contributed by atoms with Gasteiger partial charge in [0.25, 0.3) is 0 Å². The number of piperidine rings is 1. The summed E-state index contributed by atoms with van der Waals surface area (Å²) >= 11 is 0. The number of H-pyrrole nitrogens is 1. The third-order valence-corrected chi connectivity index (χ3v) is 5.37. The first-order valence-electron chi connectivity index (χ1n) is 9.33. The van der Waals surface area contributed by atoms with Gasteiger partial charge in [-0.25, -0.2) is 10.8 Å². The number of pyridine rings is 1. The number of nitrogens with one attached hydrogen (secondary N) is 1. The van der Waals surface area contributed by atoms with Crippen LogP contribution in [0.5, 0.6) is 0 Å². The zero-order valence-corrected chi connectivity index (χ0v) is 15.7. The molecule has 1 fully saturated rings. The lowest BCUT2D eigenvalue weighted by atomic mass is 9.91. The summed E-state index contributed by atoms with van der Waals surface area (Å²) < 4.78 is 37.9. The van der Waals surface area contributed by atoms with Gasteiger partial charge in [0.05, 0.1) is 5.70 Å². The second-order valence-corrected chi connectivity index (χ2v) is 7.30. The third-order valence-electron chi connectivity index (χ3n) is 5.37. The first kappa shape index (κ1) is 19.5. The molecule has 154 valence electrons. The molecule has 10 heteroatoms. The largest absolute Gasteiger partial charge is 0.433 e. The number of halogens is 3. The average Bonchev–Trinajstić information content (AvgIpc) is 3.16. The summed E-state index contributed by atoms with van der Waals surface area (Å²) in [7, 11) is 0. The molecule has 5 N–H and O–H groups in total. The van der Waals surface area contributed by atoms with Crippen LogP contribution in [-0.4, -0.2) is 39.3 Å². The van der Waals surface area contributed by atoms with Crippen LogP contribution >= 0.6 is 0 Å². The van der Waals surface area contributed by atoms with E-state index in [0.29, 0.717) is 6.54 Å². The van der Waals surface area contributed by atoms with Crippen LogP contribution in [0.25, 0.3) is 5.70 Å². The summed E-state index contributed by atoms with van der Waals surface area (Å²) in [6.45, 7) is 2.14. The van der Waals surface area contributed by atoms with Gasteiger partial charge in [-0.2, -0.15) is 13.2 Å². The molecule has 7 nitrogen and oxygen atoms in total. The molecule has 0 saturated carbocycles. The highest BCUT2D eigenvalue weighted by Gasteiger charge is 2.32. The Morgan fingerprint density at radius 1 is 1.21 bits per heavy atom. The van der Waals surface area contributed by atoms with Crippen LogP contribution < -0.4 is 11.6 Å². The molecule has 0 spiro atoms. The SMILES string of the molecule is N/C(=C1/c2cc[nH]c2N=CN1N)C1CCN(Cc2ccc(C(F)(F)F)nc2)CC1. The summed E-state index contributed by atoms with van der Waals surface area (Å²) in [4.78, 5) is 13.0. The number of allylic oxidation sites excluding steroid dienone is 1. The summed E-state index contributed by atoms with van der Waals surface area (Å²) in [6, 6.07) is 4.42. The lowest BCUT2D eigenvalue weighted by molar-refractivity contribution is -0.141. The van der Waals surface area contributed by atoms with Crippen LogP contribution in [0.4, 0.5) is 19.0 Å². The molecular formula is C19H22F3N7. The Bertz CT molecular complexity index is 922. The van der Waals surface area contributed by atoms with Crippen molar-refractivity contribution in [3.8, 4) is 0 Å². The fraction of sp³-hybridized carbons (Fsp3) is 0.368. The number of nitrogens with two attached hydrogens (primary N) is 2. The van der Waals surface area contributed by atoms with E-state index in [-0.39, 0.29) is 5.92 Å². The van der Waals surface area contributed by atoms with Gasteiger partial charge in [0.2, 0.25) is 0 Å². The van der Waals surface area contributed by atoms with Gasteiger partial charge in [0.15, 0.2) is 0 Å². The molecule has 1 saturated heterocycles. The normalized spacial score (nSPS) is 20.1. The van der Waals surface area contributed by atoms with E-state index < -0.39 is 11.9 Å². The molecule has 0 radical (unpaired) electrons. The number of aromatic amines is 1. The molecule has 2 aromatic heterocycles. The predicted molar refractivity (Wildman–Crippen MR) is 103 cm³/mol. The third kappa shape index (κ3) is 3.99. The van der Waals surface area contributed by atoms with Gasteiger partial charge in [-0.3, -0.25) is 14.9 Å². The molecule has 0 atom stereocenters. The number of likely N-dealkylation sites (tertiary alicyclic amines) is 1. The molecule has 29 heavy (non-hydrogen) atoms. The maximum absolute atomic E-state index is 12.6. The van der Waals surface area contributed by atoms with Gasteiger partial charge in [-0.05, 0) is 43.6 Å². The van der Waals surface area contributed by atoms with Crippen molar-refractivity contribution < 1.29 is 13.2 Å². The highest BCUT2D eigenvalue weighted by molar-refractivity contribution is 5.86. The van der Waals surface area contributed by atoms with Crippen molar-refractivity contribution in [2.24, 2.45) is 22.5 Å². The van der Waals surface area contributed by atoms with Crippen LogP contribution in [0.15, 0.2) is 41.3 Å². The minimum atomic E-state index is -4.41. The molecule has 0 amide bonds. The van der Waals surface area contributed by atoms with E-state index in [9.17, 15) is 13.2 Å². The van der Waals surface area contributed by atoms with Crippen molar-refractivity contribution in [2.75, 3.05) is 13.1 Å². The number of hydrogen-bond acceptors (Lipinski definition) is 6. The number of fused-ring (bicyclic) bond motifs is 1. The van der Waals surface area contributed by atoms with Gasteiger partial charge in [-0.15, -0.1) is 0 Å². The second kappa shape index (κ2) is 7.53. The van der Waals surface area contributed by atoms with Crippen molar-refractivity contribution in [2.45, 2.75) is 25.6 Å². The quantitative estimate of drug-likeness (QED) is 0.682. The van der Waals surface area contributed by atoms with Gasteiger partial charge in [0.1, 0.15) is 17.9 Å². The molecule has 2 aliphatic heterocycles. The van der Waals surface area contributed by atoms with Crippen LogP contribution in [0.1, 0.15) is 29.7 Å². The Labute approximate surface area is 165 Å². The van der Waals surface area contributed by atoms with Gasteiger partial charge < -0.3 is 10.7 Å². The Balaban J connectivity index is 1.40. The lowest BCUT2D eigenvalue weighted by Gasteiger charge is -2.34. The standard InChI is InChI=1S/C19H22F3N7/c20-19(21,22)15-2-1-12(9-26-15)10-28-7-4-13(5-8-28)16(23)17-14-3-6-25-18(14)27-11-29(17)24/h1-3,6,9,11,13,25H,4-5,7-8,10,23-24H2/b17-16-. The molecule has 0 aromatic carbocycles. The first-order chi connectivity index (χ1) is 13.8. The van der Waals surface area contributed by atoms with Crippen molar-refractivity contribution in [1.82, 2.24) is 19.9 Å². The maximum Gasteiger partial charge on any atom is 0.433 e. The molecule has 0 aliphatic carbocycles. The van der Waals surface area contributed by atoms with Crippen molar-refractivity contribution in [3.05, 3.63) is 53.1 Å². The highest BCUT2D eigenvalue weighted by atomic mass is 19.4. The number of rotatable bonds is 3. The van der Waals surface area contributed by atoms with Crippen molar-refractivity contribution >= 4 is 17.9 Å². The fourth-order valence-corrected chi connectivity index (χ4v) is 3.82. The predicted octanol–water partition coefficient (Wildman–Crippen LogP) is 2.82. The number of aromatic nitrogens is 2. The smallest absolute Gasteiger partial charge is 0.400 e. The average molecular weight is 405 g/mol. The van der Waals surface area contributed by atoms with Crippen LogP contribution in [0.3, 0.4) is 0 Å². The van der Waals surface area contributed by atoms with E-state index in [1.165, 1.54) is 23.6 Å². The zero-order chi connectivity index (χ0) is 20.6. The van der Waals surface area contributed by atoms with Gasteiger partial charge >= 0.3 is 6.18 Å². The Kier molecular flexibility index (Phi) is 5.05. The van der Waals surface area contributed by atoms with E-state index in [0.717, 1.165) is 60.3 Å². The minimum Gasteiger partial charge on any atom is -0.400 e. The Morgan fingerprint density at radius 3 is 2.62 bits per heavy atom. The number of hydrazine groups is 1. The lowest BCUT2D eigenvalue weighted by Crippen LogP contribution is -2.38. The Hall–Kier alpha value is -2.85. The van der Waals surface area contributed by atoms with E-state index in [4.69, 9.17) is 11.6 Å². The molecule has 4 heterocycles. The fourth-order valence-electron chi connectivity index (χ4n) is 3.82. The topological polar surface area (TPSA) is 99.6 Å². The highest BCUT2D eigenvalue weighted by Crippen LogP contribution is 2.35. The minimum absolute atomic E-state index is 0.173. The molecule has 0 unspecified atom stereocenters. The molecule has 4 rings (SSSR count). The number of nitrogens with zero attached hydrogens (tertiary/aromatic N) is 4. The van der Waals surface area contributed by atoms with Crippen LogP contribution in [0.2, 0.25) is 0 Å². The zero-order valence-electron chi connectivity index (χ0n) is 15.7. The number of alkyl halides is 3. The molecule has 2 aromatic rings. The molecule has 2 aliphatic rings. The molecular weight excluding hydrogens is 383 g/mol. The monoisotopic (exact) mass is 405 g/mol. The van der Waals surface area contributed by atoms with Crippen molar-refractivity contribution in [1.29, 1.82) is 0 Å². The first-order valence-corrected chi connectivity index (χ1v) is 9.33. The molecule has 0 bridgehead atoms. The van der Waals surface area contributed by atoms with Crippen LogP contribution in [0, 0.1) is 5.92 Å². The maximum atomic E-state index is 12.6. The second-order valence-electron chi connectivity index (χ2n) is 7.30. The van der Waals surface area contributed by atoms with Crippen molar-refractivity contribution in [3.63, 3.8) is 0 Å². The van der Waals surface area contributed by atoms with E-state index in [1.807, 2.05) is 6.07 Å². The number of aliphatic imine (C=N–C) groups is 1. The number of hydrogen-bond donors (Lipinski definition) is 3. The van der Waals surface area contributed by atoms with Crippen LogP contribution in [-0.2, 0) is 12.7 Å². The summed E-state index contributed by atoms with van der Waals surface area (Å²) in [5, 5.41) is 1.45. The van der Waals surface area contributed by atoms with Gasteiger partial charge in [0, 0.05) is 36.1 Å². The van der Waals surface area contributed by atoms with E-state index in [1.54, 1.807) is 6.20 Å². The Morgan fingerprint density at radius 2 is 1.97 bits per heavy atom. The van der Waals surface area contributed by atoms with E-state index >= 15 is 0 Å². The van der Waals surface area contributed by atoms with E-state index in [2.05, 4.69) is 19.9 Å². The summed E-state index contributed by atoms with van der Waals surface area (Å²) in [6.07, 6.45) is 1.90.